The Hall–Kier alpha value is -1.47. The number of aryl methyl sites for hydroxylation is 1. The lowest BCUT2D eigenvalue weighted by molar-refractivity contribution is -0.117. The molecule has 0 atom stereocenters. The zero-order valence-corrected chi connectivity index (χ0v) is 14.2. The van der Waals surface area contributed by atoms with E-state index in [2.05, 4.69) is 0 Å². The van der Waals surface area contributed by atoms with Gasteiger partial charge in [0.25, 0.3) is 0 Å². The minimum atomic E-state index is -4.58. The molecule has 0 radical (unpaired) electrons. The summed E-state index contributed by atoms with van der Waals surface area (Å²) in [6, 6.07) is 2.26. The highest BCUT2D eigenvalue weighted by molar-refractivity contribution is 7.81. The standard InChI is InChI=1S/C15H14ClF4NOS/c1-4-13(22)21(14(23)6-9(3)15(18,19)20)12-5-8(2)10(16)7-11(12)17/h5-7H,4H2,1-3H3/b9-6+. The average Bonchev–Trinajstić information content (AvgIpc) is 2.43. The van der Waals surface area contributed by atoms with Crippen LogP contribution in [-0.2, 0) is 4.79 Å². The second-order valence-electron chi connectivity index (χ2n) is 4.80. The highest BCUT2D eigenvalue weighted by Crippen LogP contribution is 2.29. The van der Waals surface area contributed by atoms with Crippen molar-refractivity contribution < 1.29 is 22.4 Å². The number of carbonyl (C=O) groups excluding carboxylic acids is 1. The van der Waals surface area contributed by atoms with Crippen molar-refractivity contribution >= 4 is 40.4 Å². The lowest BCUT2D eigenvalue weighted by Crippen LogP contribution is -2.35. The Morgan fingerprint density at radius 3 is 2.43 bits per heavy atom. The predicted molar refractivity (Wildman–Crippen MR) is 86.3 cm³/mol. The molecule has 0 aromatic heterocycles. The molecule has 0 spiro atoms. The lowest BCUT2D eigenvalue weighted by atomic mass is 10.1. The summed E-state index contributed by atoms with van der Waals surface area (Å²) < 4.78 is 52.0. The van der Waals surface area contributed by atoms with Gasteiger partial charge in [-0.1, -0.05) is 30.7 Å². The number of nitrogens with zero attached hydrogens (tertiary/aromatic N) is 1. The van der Waals surface area contributed by atoms with Gasteiger partial charge < -0.3 is 0 Å². The summed E-state index contributed by atoms with van der Waals surface area (Å²) in [5, 5.41) is 0.142. The molecule has 0 unspecified atom stereocenters. The first kappa shape index (κ1) is 19.6. The smallest absolute Gasteiger partial charge is 0.274 e. The SMILES string of the molecule is CCC(=O)N(C(=S)/C=C(\C)C(F)(F)F)c1cc(C)c(Cl)cc1F. The first-order chi connectivity index (χ1) is 10.5. The summed E-state index contributed by atoms with van der Waals surface area (Å²) in [5.74, 6) is -1.47. The average molecular weight is 368 g/mol. The molecule has 126 valence electrons. The van der Waals surface area contributed by atoms with Gasteiger partial charge in [0.2, 0.25) is 5.91 Å². The molecule has 0 N–H and O–H groups in total. The molecular weight excluding hydrogens is 354 g/mol. The highest BCUT2D eigenvalue weighted by atomic mass is 35.5. The third kappa shape index (κ3) is 4.75. The topological polar surface area (TPSA) is 20.3 Å². The minimum Gasteiger partial charge on any atom is -0.274 e. The maximum absolute atomic E-state index is 14.1. The van der Waals surface area contributed by atoms with Crippen molar-refractivity contribution in [1.29, 1.82) is 0 Å². The zero-order valence-electron chi connectivity index (χ0n) is 12.6. The molecule has 0 fully saturated rings. The number of hydrogen-bond acceptors (Lipinski definition) is 2. The number of halogens is 5. The fourth-order valence-corrected chi connectivity index (χ4v) is 2.21. The van der Waals surface area contributed by atoms with Crippen molar-refractivity contribution in [1.82, 2.24) is 0 Å². The Morgan fingerprint density at radius 2 is 1.96 bits per heavy atom. The fourth-order valence-electron chi connectivity index (χ4n) is 1.68. The van der Waals surface area contributed by atoms with E-state index >= 15 is 0 Å². The van der Waals surface area contributed by atoms with Crippen LogP contribution >= 0.6 is 23.8 Å². The molecule has 0 bridgehead atoms. The van der Waals surface area contributed by atoms with Crippen molar-refractivity contribution in [3.05, 3.63) is 40.2 Å². The third-order valence-electron chi connectivity index (χ3n) is 3.03. The van der Waals surface area contributed by atoms with E-state index in [1.54, 1.807) is 6.92 Å². The molecule has 23 heavy (non-hydrogen) atoms. The molecule has 2 nitrogen and oxygen atoms in total. The van der Waals surface area contributed by atoms with Crippen LogP contribution in [0.3, 0.4) is 0 Å². The summed E-state index contributed by atoms with van der Waals surface area (Å²) in [6.45, 7) is 3.91. The number of anilines is 1. The molecule has 1 aromatic carbocycles. The molecule has 0 heterocycles. The van der Waals surface area contributed by atoms with E-state index in [1.165, 1.54) is 13.0 Å². The quantitative estimate of drug-likeness (QED) is 0.407. The Morgan fingerprint density at radius 1 is 1.39 bits per heavy atom. The number of carbonyl (C=O) groups is 1. The molecule has 8 heteroatoms. The van der Waals surface area contributed by atoms with E-state index in [-0.39, 0.29) is 17.1 Å². The number of rotatable bonds is 3. The zero-order chi connectivity index (χ0) is 17.9. The van der Waals surface area contributed by atoms with Gasteiger partial charge in [0.05, 0.1) is 5.69 Å². The summed E-state index contributed by atoms with van der Waals surface area (Å²) in [7, 11) is 0. The Bertz CT molecular complexity index is 670. The molecule has 0 aliphatic carbocycles. The summed E-state index contributed by atoms with van der Waals surface area (Å²) in [6.07, 6.45) is -4.01. The molecule has 0 saturated carbocycles. The Balaban J connectivity index is 3.40. The number of allylic oxidation sites excluding steroid dienone is 1. The van der Waals surface area contributed by atoms with Crippen molar-refractivity contribution in [3.63, 3.8) is 0 Å². The molecule has 0 aliphatic heterocycles. The van der Waals surface area contributed by atoms with Crippen LogP contribution in [0.2, 0.25) is 5.02 Å². The number of thiocarbonyl (C=S) groups is 1. The largest absolute Gasteiger partial charge is 0.412 e. The van der Waals surface area contributed by atoms with E-state index in [0.717, 1.165) is 17.9 Å². The van der Waals surface area contributed by atoms with Gasteiger partial charge in [0, 0.05) is 17.0 Å². The first-order valence-electron chi connectivity index (χ1n) is 6.57. The van der Waals surface area contributed by atoms with Crippen LogP contribution in [0.15, 0.2) is 23.8 Å². The molecule has 1 rings (SSSR count). The maximum Gasteiger partial charge on any atom is 0.412 e. The van der Waals surface area contributed by atoms with Crippen molar-refractivity contribution in [3.8, 4) is 0 Å². The van der Waals surface area contributed by atoms with Crippen LogP contribution < -0.4 is 4.90 Å². The monoisotopic (exact) mass is 367 g/mol. The lowest BCUT2D eigenvalue weighted by Gasteiger charge is -2.23. The Labute approximate surface area is 141 Å². The Kier molecular flexibility index (Phi) is 6.30. The van der Waals surface area contributed by atoms with Gasteiger partial charge in [-0.25, -0.2) is 4.39 Å². The van der Waals surface area contributed by atoms with Gasteiger partial charge >= 0.3 is 6.18 Å². The first-order valence-corrected chi connectivity index (χ1v) is 7.35. The fraction of sp³-hybridized carbons (Fsp3) is 0.333. The van der Waals surface area contributed by atoms with Crippen LogP contribution in [0.25, 0.3) is 0 Å². The van der Waals surface area contributed by atoms with Crippen LogP contribution in [0, 0.1) is 12.7 Å². The predicted octanol–water partition coefficient (Wildman–Crippen LogP) is 5.37. The van der Waals surface area contributed by atoms with E-state index in [4.69, 9.17) is 23.8 Å². The number of alkyl halides is 3. The van der Waals surface area contributed by atoms with Crippen molar-refractivity contribution in [2.75, 3.05) is 4.90 Å². The van der Waals surface area contributed by atoms with Crippen LogP contribution in [-0.4, -0.2) is 17.1 Å². The number of hydrogen-bond donors (Lipinski definition) is 0. The van der Waals surface area contributed by atoms with E-state index < -0.39 is 28.5 Å². The van der Waals surface area contributed by atoms with Crippen molar-refractivity contribution in [2.24, 2.45) is 0 Å². The molecular formula is C15H14ClF4NOS. The van der Waals surface area contributed by atoms with E-state index in [9.17, 15) is 22.4 Å². The molecule has 0 saturated heterocycles. The molecule has 1 aromatic rings. The molecule has 0 aliphatic rings. The minimum absolute atomic E-state index is 0.0554. The summed E-state index contributed by atoms with van der Waals surface area (Å²) in [5.41, 5.74) is -0.742. The van der Waals surface area contributed by atoms with Crippen LogP contribution in [0.5, 0.6) is 0 Å². The van der Waals surface area contributed by atoms with Gasteiger partial charge in [-0.05, 0) is 37.6 Å². The summed E-state index contributed by atoms with van der Waals surface area (Å²) in [4.78, 5) is 12.4. The highest BCUT2D eigenvalue weighted by Gasteiger charge is 2.31. The van der Waals surface area contributed by atoms with Gasteiger partial charge in [0.15, 0.2) is 0 Å². The second kappa shape index (κ2) is 7.40. The number of benzene rings is 1. The summed E-state index contributed by atoms with van der Waals surface area (Å²) >= 11 is 10.7. The van der Waals surface area contributed by atoms with E-state index in [0.29, 0.717) is 11.6 Å². The maximum atomic E-state index is 14.1. The van der Waals surface area contributed by atoms with Crippen LogP contribution in [0.4, 0.5) is 23.2 Å². The van der Waals surface area contributed by atoms with Crippen LogP contribution in [0.1, 0.15) is 25.8 Å². The number of amides is 1. The van der Waals surface area contributed by atoms with Gasteiger partial charge in [-0.3, -0.25) is 9.69 Å². The van der Waals surface area contributed by atoms with Crippen molar-refractivity contribution in [2.45, 2.75) is 33.4 Å². The second-order valence-corrected chi connectivity index (χ2v) is 5.62. The van der Waals surface area contributed by atoms with Gasteiger partial charge in [-0.2, -0.15) is 13.2 Å². The normalized spacial score (nSPS) is 12.3. The molecule has 1 amide bonds. The third-order valence-corrected chi connectivity index (χ3v) is 3.74. The van der Waals surface area contributed by atoms with Gasteiger partial charge in [0.1, 0.15) is 10.8 Å². The van der Waals surface area contributed by atoms with E-state index in [1.807, 2.05) is 0 Å². The van der Waals surface area contributed by atoms with Gasteiger partial charge in [-0.15, -0.1) is 0 Å².